The van der Waals surface area contributed by atoms with Crippen LogP contribution in [0.5, 0.6) is 0 Å². The quantitative estimate of drug-likeness (QED) is 0.772. The van der Waals surface area contributed by atoms with Gasteiger partial charge in [-0.3, -0.25) is 4.79 Å². The number of nitrogens with one attached hydrogen (secondary N) is 2. The predicted octanol–water partition coefficient (Wildman–Crippen LogP) is 2.37. The van der Waals surface area contributed by atoms with Crippen molar-refractivity contribution in [2.75, 3.05) is 16.8 Å². The molecule has 1 unspecified atom stereocenters. The number of H-pyrrole nitrogens is 1. The van der Waals surface area contributed by atoms with Gasteiger partial charge in [0, 0.05) is 6.04 Å². The van der Waals surface area contributed by atoms with Crippen LogP contribution in [0.1, 0.15) is 20.3 Å². The number of aromatic nitrogens is 2. The highest BCUT2D eigenvalue weighted by Gasteiger charge is 2.08. The maximum absolute atomic E-state index is 11.2. The highest BCUT2D eigenvalue weighted by atomic mass is 35.5. The van der Waals surface area contributed by atoms with E-state index in [9.17, 15) is 4.79 Å². The number of halogens is 1. The predicted molar refractivity (Wildman–Crippen MR) is 70.6 cm³/mol. The van der Waals surface area contributed by atoms with Gasteiger partial charge in [-0.1, -0.05) is 18.5 Å². The summed E-state index contributed by atoms with van der Waals surface area (Å²) in [4.78, 5) is 17.6. The zero-order valence-corrected chi connectivity index (χ0v) is 11.0. The van der Waals surface area contributed by atoms with Gasteiger partial charge in [0.15, 0.2) is 5.82 Å². The molecule has 0 aromatic carbocycles. The maximum atomic E-state index is 11.2. The molecule has 1 rings (SSSR count). The molecule has 0 saturated heterocycles. The molecule has 1 heterocycles. The van der Waals surface area contributed by atoms with E-state index in [2.05, 4.69) is 29.1 Å². The lowest BCUT2D eigenvalue weighted by Gasteiger charge is -2.14. The number of thioether (sulfide) groups is 1. The molecule has 4 nitrogen and oxygen atoms in total. The molecule has 0 spiro atoms. The van der Waals surface area contributed by atoms with Crippen LogP contribution in [-0.4, -0.2) is 27.5 Å². The summed E-state index contributed by atoms with van der Waals surface area (Å²) in [5.41, 5.74) is -0.311. The van der Waals surface area contributed by atoms with Crippen LogP contribution in [-0.2, 0) is 0 Å². The lowest BCUT2D eigenvalue weighted by atomic mass is 10.2. The Kier molecular flexibility index (Phi) is 5.69. The number of rotatable bonds is 6. The van der Waals surface area contributed by atoms with Crippen LogP contribution in [0, 0.1) is 0 Å². The number of aromatic amines is 1. The Morgan fingerprint density at radius 2 is 2.44 bits per heavy atom. The molecule has 0 aliphatic carbocycles. The van der Waals surface area contributed by atoms with E-state index < -0.39 is 0 Å². The second-order valence-electron chi connectivity index (χ2n) is 3.43. The van der Waals surface area contributed by atoms with Crippen molar-refractivity contribution in [3.63, 3.8) is 0 Å². The van der Waals surface area contributed by atoms with Gasteiger partial charge in [0.05, 0.1) is 6.33 Å². The molecule has 1 aromatic rings. The third kappa shape index (κ3) is 4.06. The highest BCUT2D eigenvalue weighted by molar-refractivity contribution is 7.99. The maximum Gasteiger partial charge on any atom is 0.271 e. The molecule has 90 valence electrons. The lowest BCUT2D eigenvalue weighted by Crippen LogP contribution is -2.20. The Bertz CT molecular complexity index is 383. The summed E-state index contributed by atoms with van der Waals surface area (Å²) in [5, 5.41) is 3.26. The summed E-state index contributed by atoms with van der Waals surface area (Å²) < 4.78 is 0. The Balaban J connectivity index is 2.52. The first-order valence-electron chi connectivity index (χ1n) is 5.22. The van der Waals surface area contributed by atoms with Crippen LogP contribution >= 0.6 is 23.4 Å². The number of hydrogen-bond acceptors (Lipinski definition) is 4. The van der Waals surface area contributed by atoms with Crippen LogP contribution in [0.15, 0.2) is 11.1 Å². The van der Waals surface area contributed by atoms with Crippen molar-refractivity contribution >= 4 is 29.2 Å². The van der Waals surface area contributed by atoms with Gasteiger partial charge >= 0.3 is 0 Å². The van der Waals surface area contributed by atoms with E-state index in [4.69, 9.17) is 11.6 Å². The minimum absolute atomic E-state index is 0.123. The van der Waals surface area contributed by atoms with E-state index in [-0.39, 0.29) is 16.6 Å². The van der Waals surface area contributed by atoms with Crippen molar-refractivity contribution in [2.45, 2.75) is 26.3 Å². The largest absolute Gasteiger partial charge is 0.366 e. The van der Waals surface area contributed by atoms with E-state index >= 15 is 0 Å². The molecule has 1 aromatic heterocycles. The molecule has 0 amide bonds. The molecular formula is C10H16ClN3OS. The normalized spacial score (nSPS) is 12.4. The van der Waals surface area contributed by atoms with Gasteiger partial charge in [-0.15, -0.1) is 0 Å². The van der Waals surface area contributed by atoms with Gasteiger partial charge in [-0.05, 0) is 24.9 Å². The summed E-state index contributed by atoms with van der Waals surface area (Å²) in [5.74, 6) is 2.67. The van der Waals surface area contributed by atoms with E-state index in [1.54, 1.807) is 0 Å². The zero-order chi connectivity index (χ0) is 12.0. The lowest BCUT2D eigenvalue weighted by molar-refractivity contribution is 0.765. The Morgan fingerprint density at radius 1 is 1.69 bits per heavy atom. The first-order chi connectivity index (χ1) is 7.65. The van der Waals surface area contributed by atoms with Gasteiger partial charge in [0.1, 0.15) is 5.02 Å². The summed E-state index contributed by atoms with van der Waals surface area (Å²) >= 11 is 7.72. The standard InChI is InChI=1S/C10H16ClN3OS/c1-3-16-5-4-7(2)14-9-8(11)10(15)13-6-12-9/h6-7H,3-5H2,1-2H3,(H2,12,13,14,15). The van der Waals surface area contributed by atoms with Gasteiger partial charge in [-0.25, -0.2) is 4.98 Å². The van der Waals surface area contributed by atoms with Crippen LogP contribution in [0.2, 0.25) is 5.02 Å². The van der Waals surface area contributed by atoms with Crippen molar-refractivity contribution < 1.29 is 0 Å². The van der Waals surface area contributed by atoms with Crippen molar-refractivity contribution in [3.8, 4) is 0 Å². The Morgan fingerprint density at radius 3 is 3.12 bits per heavy atom. The van der Waals surface area contributed by atoms with E-state index in [0.29, 0.717) is 5.82 Å². The van der Waals surface area contributed by atoms with Gasteiger partial charge in [0.25, 0.3) is 5.56 Å². The second-order valence-corrected chi connectivity index (χ2v) is 5.20. The number of anilines is 1. The monoisotopic (exact) mass is 261 g/mol. The van der Waals surface area contributed by atoms with Crippen molar-refractivity contribution in [2.24, 2.45) is 0 Å². The van der Waals surface area contributed by atoms with Crippen LogP contribution in [0.3, 0.4) is 0 Å². The second kappa shape index (κ2) is 6.81. The summed E-state index contributed by atoms with van der Waals surface area (Å²) in [6.45, 7) is 4.19. The first kappa shape index (κ1) is 13.4. The molecule has 2 N–H and O–H groups in total. The van der Waals surface area contributed by atoms with E-state index in [0.717, 1.165) is 17.9 Å². The van der Waals surface area contributed by atoms with Crippen LogP contribution in [0.4, 0.5) is 5.82 Å². The van der Waals surface area contributed by atoms with Gasteiger partial charge in [0.2, 0.25) is 0 Å². The molecule has 0 fully saturated rings. The molecular weight excluding hydrogens is 246 g/mol. The summed E-state index contributed by atoms with van der Waals surface area (Å²) in [7, 11) is 0. The molecule has 0 aliphatic rings. The SMILES string of the molecule is CCSCCC(C)Nc1nc[nH]c(=O)c1Cl. The van der Waals surface area contributed by atoms with Gasteiger partial charge in [-0.2, -0.15) is 11.8 Å². The Hall–Kier alpha value is -0.680. The minimum Gasteiger partial charge on any atom is -0.366 e. The van der Waals surface area contributed by atoms with E-state index in [1.807, 2.05) is 11.8 Å². The van der Waals surface area contributed by atoms with E-state index in [1.165, 1.54) is 6.33 Å². The fourth-order valence-corrected chi connectivity index (χ4v) is 2.16. The smallest absolute Gasteiger partial charge is 0.271 e. The van der Waals surface area contributed by atoms with Crippen molar-refractivity contribution in [1.29, 1.82) is 0 Å². The third-order valence-corrected chi connectivity index (χ3v) is 3.36. The molecule has 0 saturated carbocycles. The first-order valence-corrected chi connectivity index (χ1v) is 6.75. The third-order valence-electron chi connectivity index (χ3n) is 2.08. The summed E-state index contributed by atoms with van der Waals surface area (Å²) in [6.07, 6.45) is 2.37. The van der Waals surface area contributed by atoms with Crippen molar-refractivity contribution in [1.82, 2.24) is 9.97 Å². The summed E-state index contributed by atoms with van der Waals surface area (Å²) in [6, 6.07) is 0.255. The molecule has 1 atom stereocenters. The Labute approximate surface area is 104 Å². The highest BCUT2D eigenvalue weighted by Crippen LogP contribution is 2.15. The molecule has 6 heteroatoms. The zero-order valence-electron chi connectivity index (χ0n) is 9.42. The molecule has 0 radical (unpaired) electrons. The molecule has 16 heavy (non-hydrogen) atoms. The number of nitrogens with zero attached hydrogens (tertiary/aromatic N) is 1. The minimum atomic E-state index is -0.311. The van der Waals surface area contributed by atoms with Gasteiger partial charge < -0.3 is 10.3 Å². The van der Waals surface area contributed by atoms with Crippen molar-refractivity contribution in [3.05, 3.63) is 21.7 Å². The topological polar surface area (TPSA) is 57.8 Å². The average Bonchev–Trinajstić information content (AvgIpc) is 2.25. The molecule has 0 bridgehead atoms. The number of hydrogen-bond donors (Lipinski definition) is 2. The average molecular weight is 262 g/mol. The fourth-order valence-electron chi connectivity index (χ4n) is 1.19. The van der Waals surface area contributed by atoms with Crippen LogP contribution in [0.25, 0.3) is 0 Å². The van der Waals surface area contributed by atoms with Crippen LogP contribution < -0.4 is 10.9 Å². The fraction of sp³-hybridized carbons (Fsp3) is 0.600. The molecule has 0 aliphatic heterocycles.